The van der Waals surface area contributed by atoms with Crippen LogP contribution in [0, 0.1) is 17.3 Å². The predicted octanol–water partition coefficient (Wildman–Crippen LogP) is 5.96. The fourth-order valence-electron chi connectivity index (χ4n) is 2.44. The number of allylic oxidation sites excluding steroid dienone is 1. The number of halogens is 1. The molecule has 0 saturated heterocycles. The molecule has 0 unspecified atom stereocenters. The number of hydrogen-bond donors (Lipinski definition) is 0. The number of hydrogen-bond acceptors (Lipinski definition) is 2. The second kappa shape index (κ2) is 10.2. The van der Waals surface area contributed by atoms with E-state index in [1.54, 1.807) is 0 Å². The molecule has 2 aromatic rings. The minimum Gasteiger partial charge on any atom is -0.489 e. The molecule has 0 radical (unpaired) electrons. The van der Waals surface area contributed by atoms with Crippen LogP contribution in [-0.4, -0.2) is 18.5 Å². The van der Waals surface area contributed by atoms with Gasteiger partial charge < -0.3 is 4.74 Å². The highest BCUT2D eigenvalue weighted by Crippen LogP contribution is 2.20. The fraction of sp³-hybridized carbons (Fsp3) is 0.333. The van der Waals surface area contributed by atoms with Gasteiger partial charge in [-0.3, -0.25) is 4.90 Å². The van der Waals surface area contributed by atoms with Crippen molar-refractivity contribution in [3.8, 4) is 17.6 Å². The van der Waals surface area contributed by atoms with Crippen molar-refractivity contribution in [2.45, 2.75) is 33.9 Å². The Kier molecular flexibility index (Phi) is 7.98. The van der Waals surface area contributed by atoms with Crippen LogP contribution < -0.4 is 4.74 Å². The van der Waals surface area contributed by atoms with E-state index in [0.717, 1.165) is 29.4 Å². The monoisotopic (exact) mass is 381 g/mol. The van der Waals surface area contributed by atoms with Crippen LogP contribution in [-0.2, 0) is 13.2 Å². The fourth-order valence-corrected chi connectivity index (χ4v) is 2.63. The van der Waals surface area contributed by atoms with Crippen LogP contribution in [0.1, 0.15) is 31.9 Å². The first-order valence-electron chi connectivity index (χ1n) is 9.15. The summed E-state index contributed by atoms with van der Waals surface area (Å²) < 4.78 is 5.90. The van der Waals surface area contributed by atoms with Gasteiger partial charge in [-0.1, -0.05) is 59.8 Å². The molecule has 2 aromatic carbocycles. The van der Waals surface area contributed by atoms with Crippen molar-refractivity contribution in [3.63, 3.8) is 0 Å². The molecule has 0 atom stereocenters. The summed E-state index contributed by atoms with van der Waals surface area (Å²) in [5, 5.41) is 0.731. The Balaban J connectivity index is 1.86. The van der Waals surface area contributed by atoms with E-state index in [1.165, 1.54) is 5.56 Å². The van der Waals surface area contributed by atoms with E-state index < -0.39 is 0 Å². The van der Waals surface area contributed by atoms with Crippen molar-refractivity contribution in [2.24, 2.45) is 5.41 Å². The molecular weight excluding hydrogens is 354 g/mol. The highest BCUT2D eigenvalue weighted by molar-refractivity contribution is 6.31. The lowest BCUT2D eigenvalue weighted by atomic mass is 9.98. The Labute approximate surface area is 168 Å². The van der Waals surface area contributed by atoms with Gasteiger partial charge in [0.25, 0.3) is 0 Å². The smallest absolute Gasteiger partial charge is 0.120 e. The van der Waals surface area contributed by atoms with Crippen LogP contribution >= 0.6 is 11.6 Å². The maximum absolute atomic E-state index is 6.18. The lowest BCUT2D eigenvalue weighted by Gasteiger charge is -2.15. The molecule has 2 nitrogen and oxygen atoms in total. The van der Waals surface area contributed by atoms with Crippen LogP contribution in [0.3, 0.4) is 0 Å². The Morgan fingerprint density at radius 3 is 2.63 bits per heavy atom. The van der Waals surface area contributed by atoms with E-state index in [1.807, 2.05) is 42.5 Å². The molecule has 0 bridgehead atoms. The molecule has 0 saturated carbocycles. The van der Waals surface area contributed by atoms with E-state index in [9.17, 15) is 0 Å². The average molecular weight is 382 g/mol. The summed E-state index contributed by atoms with van der Waals surface area (Å²) >= 11 is 6.18. The molecule has 0 heterocycles. The summed E-state index contributed by atoms with van der Waals surface area (Å²) in [6.45, 7) is 8.50. The Morgan fingerprint density at radius 2 is 1.89 bits per heavy atom. The molecule has 0 aliphatic carbocycles. The second-order valence-corrected chi connectivity index (χ2v) is 8.05. The molecule has 0 spiro atoms. The zero-order valence-electron chi connectivity index (χ0n) is 16.6. The number of nitrogens with zero attached hydrogens (tertiary/aromatic N) is 1. The number of benzene rings is 2. The Morgan fingerprint density at radius 1 is 1.11 bits per heavy atom. The lowest BCUT2D eigenvalue weighted by molar-refractivity contribution is 0.304. The molecular formula is C24H28ClNO. The standard InChI is InChI=1S/C24H28ClNO/c1-24(2,3)15-8-5-9-16-26(4)18-20-11-10-13-22(17-20)27-19-21-12-6-7-14-23(21)25/h5-7,9-14,17H,16,18-19H2,1-4H3. The predicted molar refractivity (Wildman–Crippen MR) is 115 cm³/mol. The van der Waals surface area contributed by atoms with Crippen molar-refractivity contribution < 1.29 is 4.74 Å². The quantitative estimate of drug-likeness (QED) is 0.549. The van der Waals surface area contributed by atoms with Gasteiger partial charge in [0.1, 0.15) is 12.4 Å². The van der Waals surface area contributed by atoms with E-state index in [-0.39, 0.29) is 5.41 Å². The zero-order valence-corrected chi connectivity index (χ0v) is 17.4. The van der Waals surface area contributed by atoms with E-state index in [2.05, 4.69) is 62.8 Å². The first-order valence-corrected chi connectivity index (χ1v) is 9.53. The molecule has 3 heteroatoms. The van der Waals surface area contributed by atoms with E-state index in [4.69, 9.17) is 16.3 Å². The van der Waals surface area contributed by atoms with Gasteiger partial charge in [0, 0.05) is 29.1 Å². The SMILES string of the molecule is CN(CC=CC#CC(C)(C)C)Cc1cccc(OCc2ccccc2Cl)c1. The summed E-state index contributed by atoms with van der Waals surface area (Å²) in [7, 11) is 2.10. The van der Waals surface area contributed by atoms with Gasteiger partial charge in [-0.25, -0.2) is 0 Å². The molecule has 0 aliphatic heterocycles. The third kappa shape index (κ3) is 8.35. The van der Waals surface area contributed by atoms with Crippen molar-refractivity contribution in [1.29, 1.82) is 0 Å². The topological polar surface area (TPSA) is 12.5 Å². The molecule has 0 amide bonds. The lowest BCUT2D eigenvalue weighted by Crippen LogP contribution is -2.17. The van der Waals surface area contributed by atoms with Crippen LogP contribution in [0.15, 0.2) is 60.7 Å². The van der Waals surface area contributed by atoms with Crippen LogP contribution in [0.5, 0.6) is 5.75 Å². The Hall–Kier alpha value is -2.21. The highest BCUT2D eigenvalue weighted by atomic mass is 35.5. The minimum absolute atomic E-state index is 0.0423. The van der Waals surface area contributed by atoms with Gasteiger partial charge in [0.15, 0.2) is 0 Å². The van der Waals surface area contributed by atoms with Gasteiger partial charge in [-0.15, -0.1) is 0 Å². The summed E-state index contributed by atoms with van der Waals surface area (Å²) in [4.78, 5) is 2.24. The molecule has 0 aliphatic rings. The largest absolute Gasteiger partial charge is 0.489 e. The maximum Gasteiger partial charge on any atom is 0.120 e. The zero-order chi connectivity index (χ0) is 19.7. The maximum atomic E-state index is 6.18. The van der Waals surface area contributed by atoms with Crippen molar-refractivity contribution in [1.82, 2.24) is 4.90 Å². The van der Waals surface area contributed by atoms with Gasteiger partial charge >= 0.3 is 0 Å². The highest BCUT2D eigenvalue weighted by Gasteiger charge is 2.04. The van der Waals surface area contributed by atoms with Gasteiger partial charge in [0.2, 0.25) is 0 Å². The summed E-state index contributed by atoms with van der Waals surface area (Å²) in [5.41, 5.74) is 2.24. The van der Waals surface area contributed by atoms with Crippen molar-refractivity contribution in [3.05, 3.63) is 76.8 Å². The molecule has 0 N–H and O–H groups in total. The first kappa shape index (κ1) is 21.1. The van der Waals surface area contributed by atoms with Crippen LogP contribution in [0.25, 0.3) is 0 Å². The molecule has 0 aromatic heterocycles. The average Bonchev–Trinajstić information content (AvgIpc) is 2.60. The molecule has 27 heavy (non-hydrogen) atoms. The molecule has 0 fully saturated rings. The number of rotatable bonds is 7. The van der Waals surface area contributed by atoms with Crippen LogP contribution in [0.2, 0.25) is 5.02 Å². The van der Waals surface area contributed by atoms with E-state index >= 15 is 0 Å². The summed E-state index contributed by atoms with van der Waals surface area (Å²) in [6, 6.07) is 15.9. The third-order valence-electron chi connectivity index (χ3n) is 3.77. The van der Waals surface area contributed by atoms with Crippen molar-refractivity contribution >= 4 is 11.6 Å². The molecule has 142 valence electrons. The summed E-state index contributed by atoms with van der Waals surface area (Å²) in [5.74, 6) is 7.16. The number of ether oxygens (including phenoxy) is 1. The normalized spacial score (nSPS) is 11.5. The second-order valence-electron chi connectivity index (χ2n) is 7.65. The molecule has 2 rings (SSSR count). The van der Waals surface area contributed by atoms with Gasteiger partial charge in [0.05, 0.1) is 0 Å². The number of likely N-dealkylation sites (N-methyl/N-ethyl adjacent to an activating group) is 1. The van der Waals surface area contributed by atoms with E-state index in [0.29, 0.717) is 6.61 Å². The first-order chi connectivity index (χ1) is 12.8. The Bertz CT molecular complexity index is 824. The minimum atomic E-state index is 0.0423. The summed E-state index contributed by atoms with van der Waals surface area (Å²) in [6.07, 6.45) is 4.03. The third-order valence-corrected chi connectivity index (χ3v) is 4.14. The van der Waals surface area contributed by atoms with Crippen LogP contribution in [0.4, 0.5) is 0 Å². The van der Waals surface area contributed by atoms with Gasteiger partial charge in [-0.05, 0) is 57.7 Å². The van der Waals surface area contributed by atoms with Crippen molar-refractivity contribution in [2.75, 3.05) is 13.6 Å². The van der Waals surface area contributed by atoms with Gasteiger partial charge in [-0.2, -0.15) is 0 Å².